The number of hydrogen-bond donors (Lipinski definition) is 2. The van der Waals surface area contributed by atoms with Crippen molar-refractivity contribution in [3.05, 3.63) is 57.6 Å². The van der Waals surface area contributed by atoms with Gasteiger partial charge in [-0.1, -0.05) is 24.3 Å². The summed E-state index contributed by atoms with van der Waals surface area (Å²) in [5.41, 5.74) is 7.69. The van der Waals surface area contributed by atoms with Crippen LogP contribution in [0.15, 0.2) is 36.4 Å². The number of rotatable bonds is 4. The zero-order valence-corrected chi connectivity index (χ0v) is 11.3. The molecule has 3 N–H and O–H groups in total. The minimum atomic E-state index is -0.473. The Morgan fingerprint density at radius 1 is 1.30 bits per heavy atom. The smallest absolute Gasteiger partial charge is 0.311 e. The Morgan fingerprint density at radius 2 is 2.00 bits per heavy atom. The van der Waals surface area contributed by atoms with Crippen molar-refractivity contribution in [2.45, 2.75) is 19.9 Å². The van der Waals surface area contributed by atoms with Gasteiger partial charge in [0.25, 0.3) is 0 Å². The van der Waals surface area contributed by atoms with Gasteiger partial charge in [-0.2, -0.15) is 0 Å². The molecule has 20 heavy (non-hydrogen) atoms. The number of anilines is 2. The van der Waals surface area contributed by atoms with Crippen LogP contribution in [0.2, 0.25) is 0 Å². The highest BCUT2D eigenvalue weighted by Crippen LogP contribution is 2.28. The first-order valence-electron chi connectivity index (χ1n) is 6.22. The van der Waals surface area contributed by atoms with Gasteiger partial charge in [-0.05, 0) is 31.0 Å². The van der Waals surface area contributed by atoms with Crippen molar-refractivity contribution in [1.29, 1.82) is 0 Å². The van der Waals surface area contributed by atoms with E-state index in [9.17, 15) is 10.1 Å². The summed E-state index contributed by atoms with van der Waals surface area (Å²) in [6.07, 6.45) is 0. The summed E-state index contributed by atoms with van der Waals surface area (Å²) >= 11 is 0. The predicted molar refractivity (Wildman–Crippen MR) is 78.5 cm³/mol. The largest absolute Gasteiger partial charge is 0.384 e. The monoisotopic (exact) mass is 272 g/mol. The van der Waals surface area contributed by atoms with Crippen LogP contribution in [-0.2, 0) is 0 Å². The molecule has 0 bridgehead atoms. The fraction of sp³-hybridized carbons (Fsp3) is 0.214. The fourth-order valence-electron chi connectivity index (χ4n) is 2.08. The van der Waals surface area contributed by atoms with Crippen LogP contribution in [0.5, 0.6) is 0 Å². The molecule has 1 heterocycles. The topological polar surface area (TPSA) is 94.1 Å². The van der Waals surface area contributed by atoms with Gasteiger partial charge in [-0.15, -0.1) is 0 Å². The molecule has 0 saturated heterocycles. The van der Waals surface area contributed by atoms with Crippen molar-refractivity contribution in [2.75, 3.05) is 11.1 Å². The van der Waals surface area contributed by atoms with Gasteiger partial charge in [0.05, 0.1) is 11.0 Å². The van der Waals surface area contributed by atoms with Crippen molar-refractivity contribution in [3.63, 3.8) is 0 Å². The number of aryl methyl sites for hydroxylation is 1. The first-order valence-corrected chi connectivity index (χ1v) is 6.22. The minimum absolute atomic E-state index is 0.0837. The van der Waals surface area contributed by atoms with E-state index in [-0.39, 0.29) is 23.4 Å². The Morgan fingerprint density at radius 3 is 2.65 bits per heavy atom. The molecular weight excluding hydrogens is 256 g/mol. The molecule has 104 valence electrons. The summed E-state index contributed by atoms with van der Waals surface area (Å²) in [5.74, 6) is 0.431. The molecule has 0 aliphatic heterocycles. The number of hydrogen-bond acceptors (Lipinski definition) is 5. The Hall–Kier alpha value is -2.63. The SMILES string of the molecule is Cc1ccccc1C(C)Nc1nc(N)ccc1[N+](=O)[O-]. The van der Waals surface area contributed by atoms with Crippen molar-refractivity contribution in [3.8, 4) is 0 Å². The fourth-order valence-corrected chi connectivity index (χ4v) is 2.08. The van der Waals surface area contributed by atoms with Crippen LogP contribution >= 0.6 is 0 Å². The molecule has 2 aromatic rings. The summed E-state index contributed by atoms with van der Waals surface area (Å²) in [4.78, 5) is 14.5. The van der Waals surface area contributed by atoms with Gasteiger partial charge in [0, 0.05) is 6.07 Å². The quantitative estimate of drug-likeness (QED) is 0.659. The lowest BCUT2D eigenvalue weighted by Crippen LogP contribution is -2.11. The molecule has 6 heteroatoms. The molecule has 0 saturated carbocycles. The van der Waals surface area contributed by atoms with E-state index in [1.165, 1.54) is 12.1 Å². The third-order valence-electron chi connectivity index (χ3n) is 3.10. The van der Waals surface area contributed by atoms with Gasteiger partial charge in [-0.3, -0.25) is 10.1 Å². The van der Waals surface area contributed by atoms with Crippen molar-refractivity contribution in [1.82, 2.24) is 4.98 Å². The molecule has 0 radical (unpaired) electrons. The second-order valence-corrected chi connectivity index (χ2v) is 4.58. The molecule has 0 amide bonds. The van der Waals surface area contributed by atoms with E-state index < -0.39 is 4.92 Å². The molecule has 1 aromatic carbocycles. The van der Waals surface area contributed by atoms with Crippen LogP contribution in [0.25, 0.3) is 0 Å². The van der Waals surface area contributed by atoms with Gasteiger partial charge in [0.1, 0.15) is 5.82 Å². The Kier molecular flexibility index (Phi) is 3.84. The minimum Gasteiger partial charge on any atom is -0.384 e. The number of nitrogens with zero attached hydrogens (tertiary/aromatic N) is 2. The molecular formula is C14H16N4O2. The van der Waals surface area contributed by atoms with Crippen LogP contribution in [0.3, 0.4) is 0 Å². The molecule has 0 spiro atoms. The summed E-state index contributed by atoms with van der Waals surface area (Å²) in [6.45, 7) is 3.92. The van der Waals surface area contributed by atoms with Gasteiger partial charge in [-0.25, -0.2) is 4.98 Å². The zero-order chi connectivity index (χ0) is 14.7. The molecule has 0 aliphatic rings. The zero-order valence-electron chi connectivity index (χ0n) is 11.3. The normalized spacial score (nSPS) is 11.9. The Balaban J connectivity index is 2.32. The highest BCUT2D eigenvalue weighted by molar-refractivity contribution is 5.60. The molecule has 2 rings (SSSR count). The van der Waals surface area contributed by atoms with Gasteiger partial charge in [0.2, 0.25) is 5.82 Å². The molecule has 6 nitrogen and oxygen atoms in total. The van der Waals surface area contributed by atoms with Crippen molar-refractivity contribution < 1.29 is 4.92 Å². The average molecular weight is 272 g/mol. The van der Waals surface area contributed by atoms with E-state index in [4.69, 9.17) is 5.73 Å². The lowest BCUT2D eigenvalue weighted by molar-refractivity contribution is -0.384. The highest BCUT2D eigenvalue weighted by atomic mass is 16.6. The first-order chi connectivity index (χ1) is 9.49. The number of benzene rings is 1. The van der Waals surface area contributed by atoms with Crippen molar-refractivity contribution >= 4 is 17.3 Å². The number of nitrogens with two attached hydrogens (primary N) is 1. The number of nitro groups is 1. The van der Waals surface area contributed by atoms with Crippen LogP contribution in [0.1, 0.15) is 24.1 Å². The number of pyridine rings is 1. The molecule has 0 fully saturated rings. The van der Waals surface area contributed by atoms with E-state index in [0.29, 0.717) is 0 Å². The maximum Gasteiger partial charge on any atom is 0.311 e. The maximum absolute atomic E-state index is 11.0. The Labute approximate surface area is 116 Å². The van der Waals surface area contributed by atoms with Crippen LogP contribution in [-0.4, -0.2) is 9.91 Å². The Bertz CT molecular complexity index is 643. The predicted octanol–water partition coefficient (Wildman–Crippen LogP) is 3.05. The lowest BCUT2D eigenvalue weighted by Gasteiger charge is -2.17. The highest BCUT2D eigenvalue weighted by Gasteiger charge is 2.18. The maximum atomic E-state index is 11.0. The third kappa shape index (κ3) is 2.85. The molecule has 0 aliphatic carbocycles. The van der Waals surface area contributed by atoms with Crippen LogP contribution < -0.4 is 11.1 Å². The van der Waals surface area contributed by atoms with E-state index >= 15 is 0 Å². The first kappa shape index (κ1) is 13.8. The number of aromatic nitrogens is 1. The molecule has 1 unspecified atom stereocenters. The summed E-state index contributed by atoms with van der Waals surface area (Å²) < 4.78 is 0. The summed E-state index contributed by atoms with van der Waals surface area (Å²) in [7, 11) is 0. The lowest BCUT2D eigenvalue weighted by atomic mass is 10.0. The van der Waals surface area contributed by atoms with Gasteiger partial charge in [0.15, 0.2) is 0 Å². The van der Waals surface area contributed by atoms with Crippen molar-refractivity contribution in [2.24, 2.45) is 0 Å². The number of nitrogen functional groups attached to an aromatic ring is 1. The van der Waals surface area contributed by atoms with Gasteiger partial charge < -0.3 is 11.1 Å². The molecule has 1 aromatic heterocycles. The van der Waals surface area contributed by atoms with E-state index in [1.54, 1.807) is 0 Å². The molecule has 1 atom stereocenters. The summed E-state index contributed by atoms with van der Waals surface area (Å²) in [5, 5.41) is 14.1. The van der Waals surface area contributed by atoms with E-state index in [0.717, 1.165) is 11.1 Å². The van der Waals surface area contributed by atoms with E-state index in [2.05, 4.69) is 10.3 Å². The van der Waals surface area contributed by atoms with E-state index in [1.807, 2.05) is 38.1 Å². The second-order valence-electron chi connectivity index (χ2n) is 4.58. The average Bonchev–Trinajstić information content (AvgIpc) is 2.38. The number of nitrogens with one attached hydrogen (secondary N) is 1. The third-order valence-corrected chi connectivity index (χ3v) is 3.10. The van der Waals surface area contributed by atoms with Crippen LogP contribution in [0.4, 0.5) is 17.3 Å². The van der Waals surface area contributed by atoms with Gasteiger partial charge >= 0.3 is 5.69 Å². The summed E-state index contributed by atoms with van der Waals surface area (Å²) in [6, 6.07) is 10.5. The second kappa shape index (κ2) is 5.56. The van der Waals surface area contributed by atoms with Crippen LogP contribution in [0, 0.1) is 17.0 Å². The standard InChI is InChI=1S/C14H16N4O2/c1-9-5-3-4-6-11(9)10(2)16-14-12(18(19)20)7-8-13(15)17-14/h3-8,10H,1-2H3,(H3,15,16,17).